The van der Waals surface area contributed by atoms with Crippen LogP contribution in [0.1, 0.15) is 84.5 Å². The van der Waals surface area contributed by atoms with Gasteiger partial charge in [0, 0.05) is 11.8 Å². The molecule has 3 rings (SSSR count). The van der Waals surface area contributed by atoms with E-state index in [1.54, 1.807) is 6.08 Å². The van der Waals surface area contributed by atoms with E-state index in [9.17, 15) is 20.1 Å². The van der Waals surface area contributed by atoms with E-state index in [2.05, 4.69) is 6.58 Å². The number of aliphatic hydroxyl groups excluding tert-OH is 2. The predicted octanol–water partition coefficient (Wildman–Crippen LogP) is 3.56. The van der Waals surface area contributed by atoms with Crippen LogP contribution in [0.5, 0.6) is 0 Å². The molecule has 0 aliphatic carbocycles. The highest BCUT2D eigenvalue weighted by Gasteiger charge is 2.41. The summed E-state index contributed by atoms with van der Waals surface area (Å²) in [5.41, 5.74) is -1.71. The first kappa shape index (κ1) is 29.3. The topological polar surface area (TPSA) is 115 Å². The Labute approximate surface area is 215 Å². The number of hydrogen-bond acceptors (Lipinski definition) is 8. The van der Waals surface area contributed by atoms with E-state index in [1.807, 2.05) is 26.0 Å². The van der Waals surface area contributed by atoms with Gasteiger partial charge in [-0.25, -0.2) is 0 Å². The number of carbonyl (C=O) groups is 1. The van der Waals surface area contributed by atoms with Crippen LogP contribution < -0.4 is 0 Å². The van der Waals surface area contributed by atoms with Crippen LogP contribution >= 0.6 is 0 Å². The maximum absolute atomic E-state index is 12.4. The van der Waals surface area contributed by atoms with Gasteiger partial charge in [-0.1, -0.05) is 26.0 Å². The van der Waals surface area contributed by atoms with Crippen molar-refractivity contribution in [1.29, 1.82) is 0 Å². The van der Waals surface area contributed by atoms with Crippen LogP contribution in [0.15, 0.2) is 24.8 Å². The molecule has 0 aromatic rings. The van der Waals surface area contributed by atoms with E-state index >= 15 is 0 Å². The molecule has 8 nitrogen and oxygen atoms in total. The van der Waals surface area contributed by atoms with Crippen molar-refractivity contribution in [3.8, 4) is 0 Å². The summed E-state index contributed by atoms with van der Waals surface area (Å²) in [5, 5.41) is 31.9. The molecule has 2 saturated heterocycles. The van der Waals surface area contributed by atoms with Crippen LogP contribution in [0, 0.1) is 5.41 Å². The lowest BCUT2D eigenvalue weighted by molar-refractivity contribution is -0.199. The average molecular weight is 511 g/mol. The second-order valence-corrected chi connectivity index (χ2v) is 11.2. The van der Waals surface area contributed by atoms with Crippen molar-refractivity contribution in [2.75, 3.05) is 13.2 Å². The van der Waals surface area contributed by atoms with Gasteiger partial charge in [0.05, 0.1) is 49.7 Å². The molecule has 3 heterocycles. The Hall–Kier alpha value is -1.29. The quantitative estimate of drug-likeness (QED) is 0.390. The molecule has 3 aliphatic heterocycles. The van der Waals surface area contributed by atoms with Gasteiger partial charge in [0.1, 0.15) is 6.10 Å². The standard InChI is InChI=1S/C28H46O8/c1-4-12-28(32)13-6-9-24(19-29)35-25(31)17-20(30)16-21-7-5-8-22(34-21)18-23-11-15-33-26(36-23)10-14-27(28,2)3/h4,10,14,20-24,26,29-30,32H,1,5-9,11-13,15-19H2,2-3H3/b14-10+/t20-,21+,22-,23+,24-,26+,28+/m1/s1. The molecule has 206 valence electrons. The number of ether oxygens (including phenoxy) is 4. The van der Waals surface area contributed by atoms with Gasteiger partial charge < -0.3 is 34.3 Å². The summed E-state index contributed by atoms with van der Waals surface area (Å²) in [4.78, 5) is 12.4. The lowest BCUT2D eigenvalue weighted by Crippen LogP contribution is -2.44. The van der Waals surface area contributed by atoms with Crippen molar-refractivity contribution >= 4 is 5.97 Å². The largest absolute Gasteiger partial charge is 0.460 e. The zero-order valence-corrected chi connectivity index (χ0v) is 22.0. The fraction of sp³-hybridized carbons (Fsp3) is 0.821. The summed E-state index contributed by atoms with van der Waals surface area (Å²) in [6.07, 6.45) is 9.80. The van der Waals surface area contributed by atoms with Crippen LogP contribution in [0.25, 0.3) is 0 Å². The molecule has 8 heteroatoms. The monoisotopic (exact) mass is 510 g/mol. The highest BCUT2D eigenvalue weighted by atomic mass is 16.7. The molecule has 0 spiro atoms. The lowest BCUT2D eigenvalue weighted by atomic mass is 9.70. The first-order chi connectivity index (χ1) is 17.1. The Morgan fingerprint density at radius 1 is 1.08 bits per heavy atom. The van der Waals surface area contributed by atoms with Crippen LogP contribution in [0.2, 0.25) is 0 Å². The number of aliphatic hydroxyl groups is 3. The summed E-state index contributed by atoms with van der Waals surface area (Å²) >= 11 is 0. The molecule has 2 fully saturated rings. The predicted molar refractivity (Wildman–Crippen MR) is 135 cm³/mol. The van der Waals surface area contributed by atoms with Crippen LogP contribution in [0.3, 0.4) is 0 Å². The molecule has 4 bridgehead atoms. The second-order valence-electron chi connectivity index (χ2n) is 11.2. The molecule has 3 aliphatic rings. The van der Waals surface area contributed by atoms with Crippen LogP contribution in [0.4, 0.5) is 0 Å². The van der Waals surface area contributed by atoms with Gasteiger partial charge in [0.2, 0.25) is 0 Å². The Balaban J connectivity index is 1.78. The maximum atomic E-state index is 12.4. The third-order valence-electron chi connectivity index (χ3n) is 7.92. The van der Waals surface area contributed by atoms with Crippen molar-refractivity contribution in [3.63, 3.8) is 0 Å². The summed E-state index contributed by atoms with van der Waals surface area (Å²) < 4.78 is 23.8. The summed E-state index contributed by atoms with van der Waals surface area (Å²) in [6.45, 7) is 8.06. The van der Waals surface area contributed by atoms with E-state index in [0.29, 0.717) is 38.7 Å². The highest BCUT2D eigenvalue weighted by molar-refractivity contribution is 5.70. The molecule has 0 unspecified atom stereocenters. The van der Waals surface area contributed by atoms with E-state index in [4.69, 9.17) is 18.9 Å². The highest BCUT2D eigenvalue weighted by Crippen LogP contribution is 2.40. The van der Waals surface area contributed by atoms with E-state index in [1.165, 1.54) is 0 Å². The fourth-order valence-electron chi connectivity index (χ4n) is 5.53. The number of rotatable bonds is 3. The first-order valence-electron chi connectivity index (χ1n) is 13.6. The number of fused-ring (bicyclic) bond motifs is 4. The molecule has 7 atom stereocenters. The molecule has 0 aromatic carbocycles. The molecule has 0 aromatic heterocycles. The zero-order chi connectivity index (χ0) is 26.2. The maximum Gasteiger partial charge on any atom is 0.308 e. The number of hydrogen-bond donors (Lipinski definition) is 3. The number of cyclic esters (lactones) is 1. The normalized spacial score (nSPS) is 40.0. The Bertz CT molecular complexity index is 737. The third kappa shape index (κ3) is 8.36. The van der Waals surface area contributed by atoms with Crippen LogP contribution in [-0.2, 0) is 23.7 Å². The summed E-state index contributed by atoms with van der Waals surface area (Å²) in [6, 6.07) is 0. The number of esters is 1. The van der Waals surface area contributed by atoms with Crippen molar-refractivity contribution in [3.05, 3.63) is 24.8 Å². The lowest BCUT2D eigenvalue weighted by Gasteiger charge is -2.41. The van der Waals surface area contributed by atoms with Gasteiger partial charge in [-0.05, 0) is 63.9 Å². The van der Waals surface area contributed by atoms with Crippen LogP contribution in [-0.4, -0.2) is 76.9 Å². The first-order valence-corrected chi connectivity index (χ1v) is 13.6. The van der Waals surface area contributed by atoms with Crippen molar-refractivity contribution < 1.29 is 39.1 Å². The minimum Gasteiger partial charge on any atom is -0.460 e. The van der Waals surface area contributed by atoms with E-state index in [0.717, 1.165) is 32.1 Å². The minimum absolute atomic E-state index is 0.00762. The van der Waals surface area contributed by atoms with Gasteiger partial charge in [0.25, 0.3) is 0 Å². The van der Waals surface area contributed by atoms with Gasteiger partial charge >= 0.3 is 5.97 Å². The smallest absolute Gasteiger partial charge is 0.308 e. The Morgan fingerprint density at radius 3 is 2.53 bits per heavy atom. The molecule has 0 saturated carbocycles. The van der Waals surface area contributed by atoms with Gasteiger partial charge in [0.15, 0.2) is 6.29 Å². The van der Waals surface area contributed by atoms with Crippen molar-refractivity contribution in [2.24, 2.45) is 5.41 Å². The molecule has 36 heavy (non-hydrogen) atoms. The van der Waals surface area contributed by atoms with E-state index in [-0.39, 0.29) is 31.3 Å². The van der Waals surface area contributed by atoms with Crippen molar-refractivity contribution in [2.45, 2.75) is 127 Å². The van der Waals surface area contributed by atoms with Gasteiger partial charge in [-0.2, -0.15) is 0 Å². The molecule has 0 amide bonds. The molecule has 3 N–H and O–H groups in total. The SMILES string of the molecule is C=CC[C@]1(O)CCC[C@H](CO)OC(=O)C[C@H](O)C[C@@H]2CCC[C@H](C[C@@H]3CCO[C@H](/C=C/C1(C)C)O3)O2. The second kappa shape index (κ2) is 13.5. The third-order valence-corrected chi connectivity index (χ3v) is 7.92. The van der Waals surface area contributed by atoms with Crippen molar-refractivity contribution in [1.82, 2.24) is 0 Å². The summed E-state index contributed by atoms with van der Waals surface area (Å²) in [7, 11) is 0. The Kier molecular flexibility index (Phi) is 11.0. The Morgan fingerprint density at radius 2 is 1.81 bits per heavy atom. The average Bonchev–Trinajstić information content (AvgIpc) is 2.82. The number of carbonyl (C=O) groups excluding carboxylic acids is 1. The minimum atomic E-state index is -1.09. The molecule has 0 radical (unpaired) electrons. The zero-order valence-electron chi connectivity index (χ0n) is 22.0. The van der Waals surface area contributed by atoms with Gasteiger partial charge in [-0.3, -0.25) is 4.79 Å². The van der Waals surface area contributed by atoms with E-state index < -0.39 is 35.5 Å². The van der Waals surface area contributed by atoms with Gasteiger partial charge in [-0.15, -0.1) is 6.58 Å². The summed E-state index contributed by atoms with van der Waals surface area (Å²) in [5.74, 6) is -0.533. The molecular weight excluding hydrogens is 464 g/mol. The fourth-order valence-corrected chi connectivity index (χ4v) is 5.53. The molecular formula is C28H46O8.